The number of amides is 1. The molecular weight excluding hydrogens is 336 g/mol. The lowest BCUT2D eigenvalue weighted by Crippen LogP contribution is -2.41. The van der Waals surface area contributed by atoms with E-state index >= 15 is 0 Å². The summed E-state index contributed by atoms with van der Waals surface area (Å²) in [5.41, 5.74) is 1.16. The van der Waals surface area contributed by atoms with Gasteiger partial charge in [0.25, 0.3) is 0 Å². The predicted octanol–water partition coefficient (Wildman–Crippen LogP) is 3.11. The van der Waals surface area contributed by atoms with E-state index in [1.807, 2.05) is 23.9 Å². The first-order valence-electron chi connectivity index (χ1n) is 7.05. The van der Waals surface area contributed by atoms with Gasteiger partial charge in [0.2, 0.25) is 5.91 Å². The number of halogens is 1. The summed E-state index contributed by atoms with van der Waals surface area (Å²) < 4.78 is 1.06. The lowest BCUT2D eigenvalue weighted by molar-refractivity contribution is -0.122. The average Bonchev–Trinajstić information content (AvgIpc) is 2.47. The third-order valence-electron chi connectivity index (χ3n) is 3.45. The lowest BCUT2D eigenvalue weighted by Gasteiger charge is -2.24. The maximum atomic E-state index is 12.2. The SMILES string of the molecule is CCC(NC(=O)CC1CSCCN1)c1ccc(Br)cc1. The van der Waals surface area contributed by atoms with Crippen LogP contribution >= 0.6 is 27.7 Å². The molecule has 5 heteroatoms. The van der Waals surface area contributed by atoms with Crippen LogP contribution in [0.15, 0.2) is 28.7 Å². The Morgan fingerprint density at radius 3 is 2.85 bits per heavy atom. The highest BCUT2D eigenvalue weighted by Crippen LogP contribution is 2.20. The van der Waals surface area contributed by atoms with Crippen LogP contribution in [0, 0.1) is 0 Å². The highest BCUT2D eigenvalue weighted by Gasteiger charge is 2.19. The van der Waals surface area contributed by atoms with Gasteiger partial charge in [-0.2, -0.15) is 11.8 Å². The van der Waals surface area contributed by atoms with Crippen molar-refractivity contribution in [2.45, 2.75) is 31.8 Å². The first kappa shape index (κ1) is 15.9. The van der Waals surface area contributed by atoms with Gasteiger partial charge >= 0.3 is 0 Å². The second-order valence-electron chi connectivity index (χ2n) is 5.01. The normalized spacial score (nSPS) is 20.4. The van der Waals surface area contributed by atoms with Crippen LogP contribution in [0.1, 0.15) is 31.4 Å². The molecule has 2 atom stereocenters. The largest absolute Gasteiger partial charge is 0.349 e. The van der Waals surface area contributed by atoms with Gasteiger partial charge in [-0.15, -0.1) is 0 Å². The molecular formula is C15H21BrN2OS. The summed E-state index contributed by atoms with van der Waals surface area (Å²) in [6.45, 7) is 3.11. The Morgan fingerprint density at radius 2 is 2.25 bits per heavy atom. The van der Waals surface area contributed by atoms with Gasteiger partial charge in [-0.25, -0.2) is 0 Å². The van der Waals surface area contributed by atoms with Gasteiger partial charge in [-0.1, -0.05) is 35.0 Å². The molecule has 0 aliphatic carbocycles. The smallest absolute Gasteiger partial charge is 0.222 e. The fourth-order valence-corrected chi connectivity index (χ4v) is 3.56. The molecule has 1 fully saturated rings. The molecule has 1 aromatic carbocycles. The highest BCUT2D eigenvalue weighted by atomic mass is 79.9. The number of carbonyl (C=O) groups is 1. The Labute approximate surface area is 133 Å². The molecule has 0 radical (unpaired) electrons. The summed E-state index contributed by atoms with van der Waals surface area (Å²) in [7, 11) is 0. The first-order chi connectivity index (χ1) is 9.69. The molecule has 110 valence electrons. The third-order valence-corrected chi connectivity index (χ3v) is 5.11. The minimum absolute atomic E-state index is 0.104. The zero-order valence-corrected chi connectivity index (χ0v) is 14.1. The van der Waals surface area contributed by atoms with Crippen LogP contribution in [-0.4, -0.2) is 30.0 Å². The third kappa shape index (κ3) is 4.79. The van der Waals surface area contributed by atoms with Crippen molar-refractivity contribution in [1.29, 1.82) is 0 Å². The Bertz CT molecular complexity index is 432. The van der Waals surface area contributed by atoms with Crippen molar-refractivity contribution >= 4 is 33.6 Å². The van der Waals surface area contributed by atoms with Crippen molar-refractivity contribution in [3.05, 3.63) is 34.3 Å². The second-order valence-corrected chi connectivity index (χ2v) is 7.08. The summed E-state index contributed by atoms with van der Waals surface area (Å²) in [4.78, 5) is 12.2. The summed E-state index contributed by atoms with van der Waals surface area (Å²) in [6, 6.07) is 8.58. The van der Waals surface area contributed by atoms with Gasteiger partial charge in [0.1, 0.15) is 0 Å². The van der Waals surface area contributed by atoms with Crippen LogP contribution in [0.3, 0.4) is 0 Å². The molecule has 0 spiro atoms. The van der Waals surface area contributed by atoms with Crippen LogP contribution in [-0.2, 0) is 4.79 Å². The fraction of sp³-hybridized carbons (Fsp3) is 0.533. The Hall–Kier alpha value is -0.520. The van der Waals surface area contributed by atoms with E-state index in [4.69, 9.17) is 0 Å². The minimum atomic E-state index is 0.104. The van der Waals surface area contributed by atoms with Crippen LogP contribution in [0.4, 0.5) is 0 Å². The van der Waals surface area contributed by atoms with Crippen molar-refractivity contribution in [1.82, 2.24) is 10.6 Å². The maximum absolute atomic E-state index is 12.2. The molecule has 0 saturated carbocycles. The van der Waals surface area contributed by atoms with Crippen LogP contribution in [0.2, 0.25) is 0 Å². The molecule has 1 aromatic rings. The van der Waals surface area contributed by atoms with Gasteiger partial charge in [-0.05, 0) is 24.1 Å². The zero-order chi connectivity index (χ0) is 14.4. The Morgan fingerprint density at radius 1 is 1.50 bits per heavy atom. The van der Waals surface area contributed by atoms with E-state index in [1.54, 1.807) is 0 Å². The Balaban J connectivity index is 1.88. The molecule has 0 bridgehead atoms. The number of benzene rings is 1. The standard InChI is InChI=1S/C15H21BrN2OS/c1-2-14(11-3-5-12(16)6-4-11)18-15(19)9-13-10-20-8-7-17-13/h3-6,13-14,17H,2,7-10H2,1H3,(H,18,19). The average molecular weight is 357 g/mol. The number of thioether (sulfide) groups is 1. The van der Waals surface area contributed by atoms with Gasteiger partial charge in [0.05, 0.1) is 6.04 Å². The molecule has 1 amide bonds. The quantitative estimate of drug-likeness (QED) is 0.851. The monoisotopic (exact) mass is 356 g/mol. The van der Waals surface area contributed by atoms with E-state index in [0.29, 0.717) is 12.5 Å². The van der Waals surface area contributed by atoms with Crippen LogP contribution in [0.25, 0.3) is 0 Å². The maximum Gasteiger partial charge on any atom is 0.222 e. The van der Waals surface area contributed by atoms with Gasteiger partial charge in [0, 0.05) is 35.0 Å². The van der Waals surface area contributed by atoms with E-state index in [9.17, 15) is 4.79 Å². The topological polar surface area (TPSA) is 41.1 Å². The van der Waals surface area contributed by atoms with E-state index < -0.39 is 0 Å². The summed E-state index contributed by atoms with van der Waals surface area (Å²) in [5, 5.41) is 6.55. The summed E-state index contributed by atoms with van der Waals surface area (Å²) in [5.74, 6) is 2.32. The minimum Gasteiger partial charge on any atom is -0.349 e. The van der Waals surface area contributed by atoms with Crippen molar-refractivity contribution in [2.24, 2.45) is 0 Å². The zero-order valence-electron chi connectivity index (χ0n) is 11.7. The lowest BCUT2D eigenvalue weighted by atomic mass is 10.0. The Kier molecular flexibility index (Phi) is 6.39. The number of rotatable bonds is 5. The van der Waals surface area contributed by atoms with Crippen molar-refractivity contribution in [3.8, 4) is 0 Å². The molecule has 1 saturated heterocycles. The van der Waals surface area contributed by atoms with Crippen molar-refractivity contribution < 1.29 is 4.79 Å². The van der Waals surface area contributed by atoms with E-state index in [0.717, 1.165) is 34.5 Å². The number of carbonyl (C=O) groups excluding carboxylic acids is 1. The first-order valence-corrected chi connectivity index (χ1v) is 8.99. The molecule has 2 rings (SSSR count). The second kappa shape index (κ2) is 8.05. The van der Waals surface area contributed by atoms with Gasteiger partial charge < -0.3 is 10.6 Å². The molecule has 1 heterocycles. The predicted molar refractivity (Wildman–Crippen MR) is 89.0 cm³/mol. The fourth-order valence-electron chi connectivity index (χ4n) is 2.34. The highest BCUT2D eigenvalue weighted by molar-refractivity contribution is 9.10. The van der Waals surface area contributed by atoms with Crippen LogP contribution in [0.5, 0.6) is 0 Å². The molecule has 1 aliphatic heterocycles. The molecule has 0 aromatic heterocycles. The summed E-state index contributed by atoms with van der Waals surface area (Å²) >= 11 is 5.36. The molecule has 1 aliphatic rings. The molecule has 2 unspecified atom stereocenters. The van der Waals surface area contributed by atoms with E-state index in [2.05, 4.69) is 45.6 Å². The van der Waals surface area contributed by atoms with Crippen molar-refractivity contribution in [3.63, 3.8) is 0 Å². The number of hydrogen-bond donors (Lipinski definition) is 2. The van der Waals surface area contributed by atoms with Gasteiger partial charge in [-0.3, -0.25) is 4.79 Å². The number of hydrogen-bond acceptors (Lipinski definition) is 3. The molecule has 2 N–H and O–H groups in total. The van der Waals surface area contributed by atoms with Gasteiger partial charge in [0.15, 0.2) is 0 Å². The van der Waals surface area contributed by atoms with Crippen molar-refractivity contribution in [2.75, 3.05) is 18.1 Å². The summed E-state index contributed by atoms with van der Waals surface area (Å²) in [6.07, 6.45) is 1.47. The van der Waals surface area contributed by atoms with E-state index in [-0.39, 0.29) is 11.9 Å². The van der Waals surface area contributed by atoms with E-state index in [1.165, 1.54) is 0 Å². The van der Waals surface area contributed by atoms with Crippen LogP contribution < -0.4 is 10.6 Å². The molecule has 20 heavy (non-hydrogen) atoms. The number of nitrogens with one attached hydrogen (secondary N) is 2. The molecule has 3 nitrogen and oxygen atoms in total.